The molecule has 2 aliphatic rings. The Morgan fingerprint density at radius 1 is 1.12 bits per heavy atom. The number of hydrogen-bond acceptors (Lipinski definition) is 6. The molecule has 1 aromatic carbocycles. The van der Waals surface area contributed by atoms with E-state index in [0.29, 0.717) is 30.1 Å². The van der Waals surface area contributed by atoms with Gasteiger partial charge in [0.05, 0.1) is 12.1 Å². The van der Waals surface area contributed by atoms with Crippen LogP contribution in [0.2, 0.25) is 0 Å². The minimum Gasteiger partial charge on any atom is -0.475 e. The molecule has 2 aromatic heterocycles. The van der Waals surface area contributed by atoms with Crippen molar-refractivity contribution in [1.82, 2.24) is 24.4 Å². The molecule has 40 heavy (non-hydrogen) atoms. The van der Waals surface area contributed by atoms with Crippen LogP contribution in [0.4, 0.5) is 19.0 Å². The van der Waals surface area contributed by atoms with Gasteiger partial charge in [0.2, 0.25) is 11.6 Å². The number of aromatic nitrogens is 4. The topological polar surface area (TPSA) is 113 Å². The van der Waals surface area contributed by atoms with Crippen molar-refractivity contribution < 1.29 is 27.9 Å². The number of alkyl halides is 3. The molecule has 3 heterocycles. The van der Waals surface area contributed by atoms with Gasteiger partial charge < -0.3 is 19.9 Å². The van der Waals surface area contributed by atoms with Crippen LogP contribution in [0, 0.1) is 11.3 Å². The first-order valence-electron chi connectivity index (χ1n) is 13.6. The van der Waals surface area contributed by atoms with Gasteiger partial charge in [-0.15, -0.1) is 0 Å². The number of rotatable bonds is 7. The van der Waals surface area contributed by atoms with Gasteiger partial charge in [-0.3, -0.25) is 4.79 Å². The number of carbonyl (C=O) groups is 2. The average Bonchev–Trinajstić information content (AvgIpc) is 3.20. The molecule has 1 saturated carbocycles. The summed E-state index contributed by atoms with van der Waals surface area (Å²) in [5.41, 5.74) is 0.0441. The summed E-state index contributed by atoms with van der Waals surface area (Å²) in [4.78, 5) is 40.4. The fourth-order valence-electron chi connectivity index (χ4n) is 5.54. The predicted molar refractivity (Wildman–Crippen MR) is 142 cm³/mol. The molecule has 5 rings (SSSR count). The number of fused-ring (bicyclic) bond motifs is 1. The summed E-state index contributed by atoms with van der Waals surface area (Å²) in [5, 5.41) is 13.0. The highest BCUT2D eigenvalue weighted by molar-refractivity contribution is 5.98. The zero-order chi connectivity index (χ0) is 28.8. The Morgan fingerprint density at radius 3 is 2.40 bits per heavy atom. The summed E-state index contributed by atoms with van der Waals surface area (Å²) < 4.78 is 41.1. The molecule has 2 N–H and O–H groups in total. The van der Waals surface area contributed by atoms with E-state index in [2.05, 4.69) is 34.1 Å². The molecule has 2 fully saturated rings. The fraction of sp³-hybridized carbons (Fsp3) is 0.536. The Hall–Kier alpha value is -3.70. The van der Waals surface area contributed by atoms with Crippen LogP contribution in [0.1, 0.15) is 85.2 Å². The second-order valence-corrected chi connectivity index (χ2v) is 11.7. The quantitative estimate of drug-likeness (QED) is 0.396. The Balaban J connectivity index is 1.63. The van der Waals surface area contributed by atoms with Crippen LogP contribution in [-0.4, -0.2) is 60.5 Å². The third-order valence-electron chi connectivity index (χ3n) is 8.02. The lowest BCUT2D eigenvalue weighted by Gasteiger charge is -2.37. The number of aromatic carboxylic acids is 1. The van der Waals surface area contributed by atoms with E-state index in [9.17, 15) is 27.9 Å². The average molecular weight is 559 g/mol. The Morgan fingerprint density at radius 2 is 1.82 bits per heavy atom. The summed E-state index contributed by atoms with van der Waals surface area (Å²) in [6.07, 6.45) is 0.512. The van der Waals surface area contributed by atoms with Gasteiger partial charge in [0.25, 0.3) is 5.91 Å². The lowest BCUT2D eigenvalue weighted by atomic mass is 9.80. The maximum absolute atomic E-state index is 13.9. The summed E-state index contributed by atoms with van der Waals surface area (Å²) in [6.45, 7) is 7.26. The van der Waals surface area contributed by atoms with Crippen LogP contribution in [0.3, 0.4) is 0 Å². The Labute approximate surface area is 229 Å². The number of likely N-dealkylation sites (tertiary alicyclic amines) is 1. The Bertz CT molecular complexity index is 1430. The van der Waals surface area contributed by atoms with Crippen molar-refractivity contribution in [2.24, 2.45) is 11.3 Å². The van der Waals surface area contributed by atoms with Gasteiger partial charge in [-0.2, -0.15) is 13.2 Å². The van der Waals surface area contributed by atoms with E-state index >= 15 is 0 Å². The van der Waals surface area contributed by atoms with E-state index < -0.39 is 23.5 Å². The minimum absolute atomic E-state index is 0.0230. The maximum atomic E-state index is 13.9. The lowest BCUT2D eigenvalue weighted by molar-refractivity contribution is -0.137. The molecule has 0 spiro atoms. The number of nitrogens with zero attached hydrogens (tertiary/aromatic N) is 5. The van der Waals surface area contributed by atoms with Gasteiger partial charge in [0, 0.05) is 19.1 Å². The maximum Gasteiger partial charge on any atom is 0.416 e. The van der Waals surface area contributed by atoms with Crippen LogP contribution in [0.5, 0.6) is 0 Å². The van der Waals surface area contributed by atoms with E-state index in [1.165, 1.54) is 12.1 Å². The second-order valence-electron chi connectivity index (χ2n) is 11.7. The van der Waals surface area contributed by atoms with Gasteiger partial charge in [0.15, 0.2) is 11.5 Å². The van der Waals surface area contributed by atoms with E-state index in [1.807, 2.05) is 6.92 Å². The zero-order valence-corrected chi connectivity index (χ0v) is 22.8. The molecule has 12 heteroatoms. The highest BCUT2D eigenvalue weighted by Gasteiger charge is 2.34. The number of imidazole rings is 1. The number of benzene rings is 1. The summed E-state index contributed by atoms with van der Waals surface area (Å²) >= 11 is 0. The molecule has 0 radical (unpaired) electrons. The lowest BCUT2D eigenvalue weighted by Crippen LogP contribution is -2.44. The van der Waals surface area contributed by atoms with E-state index in [1.54, 1.807) is 9.47 Å². The third-order valence-corrected chi connectivity index (χ3v) is 8.02. The molecule has 1 saturated heterocycles. The van der Waals surface area contributed by atoms with Crippen LogP contribution < -0.4 is 5.32 Å². The van der Waals surface area contributed by atoms with Gasteiger partial charge in [-0.25, -0.2) is 19.7 Å². The summed E-state index contributed by atoms with van der Waals surface area (Å²) in [7, 11) is 0. The van der Waals surface area contributed by atoms with Crippen molar-refractivity contribution in [2.75, 3.05) is 18.4 Å². The highest BCUT2D eigenvalue weighted by atomic mass is 19.4. The molecule has 1 unspecified atom stereocenters. The first-order valence-corrected chi connectivity index (χ1v) is 13.6. The van der Waals surface area contributed by atoms with Gasteiger partial charge in [-0.05, 0) is 61.6 Å². The molecule has 1 atom stereocenters. The van der Waals surface area contributed by atoms with Crippen LogP contribution in [0.25, 0.3) is 11.2 Å². The molecule has 1 aliphatic carbocycles. The van der Waals surface area contributed by atoms with Gasteiger partial charge in [-0.1, -0.05) is 32.4 Å². The number of anilines is 1. The van der Waals surface area contributed by atoms with Crippen molar-refractivity contribution in [3.05, 3.63) is 47.0 Å². The van der Waals surface area contributed by atoms with E-state index in [4.69, 9.17) is 0 Å². The highest BCUT2D eigenvalue weighted by Crippen LogP contribution is 2.34. The van der Waals surface area contributed by atoms with Crippen LogP contribution in [0.15, 0.2) is 24.3 Å². The number of nitrogens with one attached hydrogen (secondary N) is 1. The molecule has 9 nitrogen and oxygen atoms in total. The van der Waals surface area contributed by atoms with Crippen molar-refractivity contribution in [3.8, 4) is 0 Å². The number of halogens is 3. The third kappa shape index (κ3) is 5.62. The first kappa shape index (κ1) is 27.9. The first-order chi connectivity index (χ1) is 18.8. The Kier molecular flexibility index (Phi) is 7.22. The molecule has 3 aromatic rings. The standard InChI is InChI=1S/C28H33F3N6O3/c1-16(18-6-4-7-18)32-21-20-22(34-23(33-21)26(39)40)35-24(25(38)36-13-5-12-27(2,3)15-36)37(20)14-17-8-10-19(11-9-17)28(29,30)31/h8-11,16,18H,4-7,12-15H2,1-3H3,(H,39,40)(H,32,33,34). The monoisotopic (exact) mass is 558 g/mol. The number of carboxylic acid groups (broad SMARTS) is 1. The second kappa shape index (κ2) is 10.4. The minimum atomic E-state index is -4.47. The van der Waals surface area contributed by atoms with E-state index in [-0.39, 0.29) is 41.2 Å². The fourth-order valence-corrected chi connectivity index (χ4v) is 5.54. The molecular weight excluding hydrogens is 525 g/mol. The molecular formula is C28H33F3N6O3. The SMILES string of the molecule is CC(Nc1nc(C(=O)O)nc2nc(C(=O)N3CCCC(C)(C)C3)n(Cc3ccc(C(F)(F)F)cc3)c12)C1CCC1. The molecule has 1 amide bonds. The smallest absolute Gasteiger partial charge is 0.416 e. The number of carbonyl (C=O) groups excluding carboxylic acids is 1. The van der Waals surface area contributed by atoms with Crippen molar-refractivity contribution >= 4 is 28.9 Å². The zero-order valence-electron chi connectivity index (χ0n) is 22.8. The number of carboxylic acids is 1. The molecule has 1 aliphatic heterocycles. The number of piperidine rings is 1. The predicted octanol–water partition coefficient (Wildman–Crippen LogP) is 5.45. The van der Waals surface area contributed by atoms with Crippen LogP contribution >= 0.6 is 0 Å². The number of hydrogen-bond donors (Lipinski definition) is 2. The van der Waals surface area contributed by atoms with Gasteiger partial charge in [0.1, 0.15) is 5.52 Å². The van der Waals surface area contributed by atoms with Crippen LogP contribution in [-0.2, 0) is 12.7 Å². The molecule has 214 valence electrons. The normalized spacial score (nSPS) is 18.4. The summed E-state index contributed by atoms with van der Waals surface area (Å²) in [6, 6.07) is 4.71. The van der Waals surface area contributed by atoms with E-state index in [0.717, 1.165) is 44.2 Å². The van der Waals surface area contributed by atoms with Crippen molar-refractivity contribution in [2.45, 2.75) is 71.6 Å². The van der Waals surface area contributed by atoms with Gasteiger partial charge >= 0.3 is 12.1 Å². The van der Waals surface area contributed by atoms with Crippen molar-refractivity contribution in [1.29, 1.82) is 0 Å². The number of amides is 1. The largest absolute Gasteiger partial charge is 0.475 e. The van der Waals surface area contributed by atoms with Crippen molar-refractivity contribution in [3.63, 3.8) is 0 Å². The summed E-state index contributed by atoms with van der Waals surface area (Å²) in [5.74, 6) is -1.45. The molecule has 0 bridgehead atoms.